The summed E-state index contributed by atoms with van der Waals surface area (Å²) in [5.41, 5.74) is 5.32. The molecule has 2 N–H and O–H groups in total. The molecule has 0 spiro atoms. The van der Waals surface area contributed by atoms with E-state index in [1.54, 1.807) is 0 Å². The molecule has 0 saturated heterocycles. The average Bonchev–Trinajstić information content (AvgIpc) is 2.35. The van der Waals surface area contributed by atoms with E-state index in [1.807, 2.05) is 0 Å². The molecule has 0 unspecified atom stereocenters. The van der Waals surface area contributed by atoms with Crippen LogP contribution < -0.4 is 5.73 Å². The summed E-state index contributed by atoms with van der Waals surface area (Å²) in [4.78, 5) is 10.7. The van der Waals surface area contributed by atoms with Crippen molar-refractivity contribution in [1.82, 2.24) is 0 Å². The molecule has 0 radical (unpaired) electrons. The van der Waals surface area contributed by atoms with Crippen molar-refractivity contribution in [3.8, 4) is 0 Å². The summed E-state index contributed by atoms with van der Waals surface area (Å²) in [6, 6.07) is 0. The zero-order chi connectivity index (χ0) is 12.8. The predicted molar refractivity (Wildman–Crippen MR) is 65.7 cm³/mol. The maximum Gasteiger partial charge on any atom is 0.330 e. The van der Waals surface area contributed by atoms with Gasteiger partial charge in [-0.1, -0.05) is 6.58 Å². The van der Waals surface area contributed by atoms with E-state index in [0.29, 0.717) is 46.0 Å². The van der Waals surface area contributed by atoms with Gasteiger partial charge in [0, 0.05) is 38.9 Å². The Hall–Kier alpha value is -0.910. The van der Waals surface area contributed by atoms with Crippen molar-refractivity contribution in [2.75, 3.05) is 39.6 Å². The van der Waals surface area contributed by atoms with Gasteiger partial charge in [-0.05, 0) is 19.4 Å². The van der Waals surface area contributed by atoms with Crippen molar-refractivity contribution in [2.45, 2.75) is 19.3 Å². The van der Waals surface area contributed by atoms with E-state index in [4.69, 9.17) is 19.9 Å². The largest absolute Gasteiger partial charge is 0.462 e. The summed E-state index contributed by atoms with van der Waals surface area (Å²) < 4.78 is 15.4. The highest BCUT2D eigenvalue weighted by atomic mass is 16.5. The van der Waals surface area contributed by atoms with Crippen LogP contribution in [0.3, 0.4) is 0 Å². The SMILES string of the molecule is C=CC(=O)OCCCOCCCOCCCN. The van der Waals surface area contributed by atoms with E-state index in [1.165, 1.54) is 0 Å². The molecule has 100 valence electrons. The molecule has 0 amide bonds. The maximum absolute atomic E-state index is 10.7. The maximum atomic E-state index is 10.7. The van der Waals surface area contributed by atoms with Gasteiger partial charge in [0.2, 0.25) is 0 Å². The molecule has 0 atom stereocenters. The first kappa shape index (κ1) is 16.1. The number of hydrogen-bond acceptors (Lipinski definition) is 5. The van der Waals surface area contributed by atoms with Crippen molar-refractivity contribution < 1.29 is 19.0 Å². The molecule has 0 fully saturated rings. The van der Waals surface area contributed by atoms with Crippen LogP contribution in [0.4, 0.5) is 0 Å². The second kappa shape index (κ2) is 13.2. The molecule has 0 aliphatic carbocycles. The topological polar surface area (TPSA) is 70.8 Å². The molecule has 0 aliphatic rings. The summed E-state index contributed by atoms with van der Waals surface area (Å²) >= 11 is 0. The first-order chi connectivity index (χ1) is 8.31. The molecule has 0 aromatic heterocycles. The van der Waals surface area contributed by atoms with Gasteiger partial charge in [0.25, 0.3) is 0 Å². The molecule has 5 nitrogen and oxygen atoms in total. The molecule has 5 heteroatoms. The molecular formula is C12H23NO4. The van der Waals surface area contributed by atoms with E-state index in [2.05, 4.69) is 6.58 Å². The van der Waals surface area contributed by atoms with Crippen molar-refractivity contribution in [2.24, 2.45) is 5.73 Å². The first-order valence-electron chi connectivity index (χ1n) is 5.96. The molecule has 0 aromatic rings. The van der Waals surface area contributed by atoms with Gasteiger partial charge in [0.1, 0.15) is 0 Å². The summed E-state index contributed by atoms with van der Waals surface area (Å²) in [7, 11) is 0. The minimum absolute atomic E-state index is 0.373. The normalized spacial score (nSPS) is 10.2. The number of carbonyl (C=O) groups excluding carboxylic acids is 1. The molecule has 0 rings (SSSR count). The van der Waals surface area contributed by atoms with E-state index < -0.39 is 5.97 Å². The Bertz CT molecular complexity index is 197. The van der Waals surface area contributed by atoms with Gasteiger partial charge in [0.15, 0.2) is 0 Å². The Balaban J connectivity index is 2.98. The zero-order valence-electron chi connectivity index (χ0n) is 10.4. The summed E-state index contributed by atoms with van der Waals surface area (Å²) in [6.07, 6.45) is 3.62. The Labute approximate surface area is 103 Å². The highest BCUT2D eigenvalue weighted by Gasteiger charge is 1.95. The van der Waals surface area contributed by atoms with Gasteiger partial charge < -0.3 is 19.9 Å². The van der Waals surface area contributed by atoms with Gasteiger partial charge in [-0.3, -0.25) is 0 Å². The third-order valence-electron chi connectivity index (χ3n) is 1.91. The lowest BCUT2D eigenvalue weighted by atomic mass is 10.4. The van der Waals surface area contributed by atoms with Crippen LogP contribution in [0.2, 0.25) is 0 Å². The number of esters is 1. The molecule has 17 heavy (non-hydrogen) atoms. The van der Waals surface area contributed by atoms with Gasteiger partial charge in [-0.2, -0.15) is 0 Å². The Morgan fingerprint density at radius 1 is 1.00 bits per heavy atom. The molecule has 0 bridgehead atoms. The minimum atomic E-state index is -0.390. The molecule has 0 aliphatic heterocycles. The lowest BCUT2D eigenvalue weighted by Gasteiger charge is -2.05. The van der Waals surface area contributed by atoms with E-state index in [0.717, 1.165) is 18.9 Å². The third-order valence-corrected chi connectivity index (χ3v) is 1.91. The smallest absolute Gasteiger partial charge is 0.330 e. The van der Waals surface area contributed by atoms with Crippen molar-refractivity contribution in [1.29, 1.82) is 0 Å². The van der Waals surface area contributed by atoms with Gasteiger partial charge in [-0.25, -0.2) is 4.79 Å². The number of ether oxygens (including phenoxy) is 3. The lowest BCUT2D eigenvalue weighted by Crippen LogP contribution is -2.08. The highest BCUT2D eigenvalue weighted by molar-refractivity contribution is 5.81. The van der Waals surface area contributed by atoms with Crippen LogP contribution in [0, 0.1) is 0 Å². The van der Waals surface area contributed by atoms with E-state index >= 15 is 0 Å². The second-order valence-electron chi connectivity index (χ2n) is 3.45. The lowest BCUT2D eigenvalue weighted by molar-refractivity contribution is -0.138. The highest BCUT2D eigenvalue weighted by Crippen LogP contribution is 1.90. The quantitative estimate of drug-likeness (QED) is 0.314. The minimum Gasteiger partial charge on any atom is -0.462 e. The molecule has 0 saturated carbocycles. The molecule has 0 aromatic carbocycles. The van der Waals surface area contributed by atoms with Gasteiger partial charge in [0.05, 0.1) is 6.61 Å². The summed E-state index contributed by atoms with van der Waals surface area (Å²) in [5.74, 6) is -0.390. The van der Waals surface area contributed by atoms with E-state index in [9.17, 15) is 4.79 Å². The number of rotatable bonds is 12. The van der Waals surface area contributed by atoms with Gasteiger partial charge >= 0.3 is 5.97 Å². The number of nitrogens with two attached hydrogens (primary N) is 1. The fraction of sp³-hybridized carbons (Fsp3) is 0.750. The summed E-state index contributed by atoms with van der Waals surface area (Å²) in [5, 5.41) is 0. The fourth-order valence-electron chi connectivity index (χ4n) is 1.05. The van der Waals surface area contributed by atoms with Crippen molar-refractivity contribution in [3.63, 3.8) is 0 Å². The Kier molecular flexibility index (Phi) is 12.5. The van der Waals surface area contributed by atoms with Crippen LogP contribution >= 0.6 is 0 Å². The Morgan fingerprint density at radius 3 is 2.06 bits per heavy atom. The fourth-order valence-corrected chi connectivity index (χ4v) is 1.05. The van der Waals surface area contributed by atoms with Gasteiger partial charge in [-0.15, -0.1) is 0 Å². The van der Waals surface area contributed by atoms with Crippen LogP contribution in [-0.2, 0) is 19.0 Å². The number of carbonyl (C=O) groups is 1. The first-order valence-corrected chi connectivity index (χ1v) is 5.96. The predicted octanol–water partition coefficient (Wildman–Crippen LogP) is 0.878. The van der Waals surface area contributed by atoms with Crippen LogP contribution in [0.1, 0.15) is 19.3 Å². The van der Waals surface area contributed by atoms with Crippen LogP contribution in [0.5, 0.6) is 0 Å². The summed E-state index contributed by atoms with van der Waals surface area (Å²) in [6.45, 7) is 7.01. The van der Waals surface area contributed by atoms with E-state index in [-0.39, 0.29) is 0 Å². The average molecular weight is 245 g/mol. The van der Waals surface area contributed by atoms with Crippen molar-refractivity contribution >= 4 is 5.97 Å². The second-order valence-corrected chi connectivity index (χ2v) is 3.45. The third kappa shape index (κ3) is 13.0. The zero-order valence-corrected chi connectivity index (χ0v) is 10.4. The molecule has 0 heterocycles. The number of hydrogen-bond donors (Lipinski definition) is 1. The standard InChI is InChI=1S/C12H23NO4/c1-2-12(14)17-11-5-10-16-9-4-8-15-7-3-6-13/h2H,1,3-11,13H2. The van der Waals surface area contributed by atoms with Crippen molar-refractivity contribution in [3.05, 3.63) is 12.7 Å². The van der Waals surface area contributed by atoms with Crippen LogP contribution in [0.15, 0.2) is 12.7 Å². The van der Waals surface area contributed by atoms with Crippen LogP contribution in [0.25, 0.3) is 0 Å². The Morgan fingerprint density at radius 2 is 1.53 bits per heavy atom. The van der Waals surface area contributed by atoms with Crippen LogP contribution in [-0.4, -0.2) is 45.5 Å². The molecular weight excluding hydrogens is 222 g/mol. The monoisotopic (exact) mass is 245 g/mol.